The van der Waals surface area contributed by atoms with Crippen molar-refractivity contribution in [3.8, 4) is 17.6 Å². The molecule has 3 aromatic carbocycles. The van der Waals surface area contributed by atoms with Gasteiger partial charge in [0.2, 0.25) is 11.6 Å². The Kier molecular flexibility index (Phi) is 5.50. The number of nitrogens with zero attached hydrogens (tertiary/aromatic N) is 1. The molecule has 0 radical (unpaired) electrons. The van der Waals surface area contributed by atoms with Gasteiger partial charge in [-0.1, -0.05) is 41.9 Å². The van der Waals surface area contributed by atoms with Crippen LogP contribution in [0.4, 0.5) is 0 Å². The maximum absolute atomic E-state index is 13.0. The quantitative estimate of drug-likeness (QED) is 0.265. The maximum Gasteiger partial charge on any atom is 0.379 e. The molecule has 1 atom stereocenters. The zero-order chi connectivity index (χ0) is 24.9. The molecule has 1 unspecified atom stereocenters. The molecule has 5 rings (SSSR count). The molecule has 4 aromatic rings. The second-order valence-corrected chi connectivity index (χ2v) is 8.94. The lowest BCUT2D eigenvalue weighted by Gasteiger charge is -2.26. The van der Waals surface area contributed by atoms with Crippen LogP contribution in [0.5, 0.6) is 11.5 Å². The second kappa shape index (κ2) is 8.53. The Morgan fingerprint density at radius 2 is 1.80 bits per heavy atom. The molecule has 1 aliphatic rings. The number of benzene rings is 3. The van der Waals surface area contributed by atoms with E-state index in [1.165, 1.54) is 0 Å². The number of nitriles is 1. The van der Waals surface area contributed by atoms with E-state index in [4.69, 9.17) is 31.2 Å². The fraction of sp³-hybridized carbons (Fsp3) is 0.143. The van der Waals surface area contributed by atoms with Crippen molar-refractivity contribution < 1.29 is 18.7 Å². The first kappa shape index (κ1) is 22.6. The zero-order valence-electron chi connectivity index (χ0n) is 19.3. The van der Waals surface area contributed by atoms with E-state index in [2.05, 4.69) is 6.07 Å². The highest BCUT2D eigenvalue weighted by Crippen LogP contribution is 2.43. The summed E-state index contributed by atoms with van der Waals surface area (Å²) in [5, 5.41) is 11.2. The van der Waals surface area contributed by atoms with Crippen LogP contribution in [0.2, 0.25) is 5.02 Å². The molecular weight excluding hydrogens is 464 g/mol. The van der Waals surface area contributed by atoms with Crippen molar-refractivity contribution in [2.24, 2.45) is 5.73 Å². The molecule has 0 fully saturated rings. The van der Waals surface area contributed by atoms with E-state index in [0.29, 0.717) is 21.9 Å². The van der Waals surface area contributed by atoms with Gasteiger partial charge in [-0.15, -0.1) is 0 Å². The van der Waals surface area contributed by atoms with Crippen LogP contribution in [0.3, 0.4) is 0 Å². The van der Waals surface area contributed by atoms with E-state index in [-0.39, 0.29) is 17.4 Å². The number of carbonyl (C=O) groups is 1. The number of fused-ring (bicyclic) bond motifs is 2. The van der Waals surface area contributed by atoms with Gasteiger partial charge >= 0.3 is 5.97 Å². The summed E-state index contributed by atoms with van der Waals surface area (Å²) in [4.78, 5) is 13.0. The molecule has 1 aliphatic heterocycles. The predicted molar refractivity (Wildman–Crippen MR) is 133 cm³/mol. The predicted octanol–water partition coefficient (Wildman–Crippen LogP) is 6.45. The molecule has 0 saturated carbocycles. The number of aryl methyl sites for hydroxylation is 3. The van der Waals surface area contributed by atoms with Gasteiger partial charge in [-0.25, -0.2) is 4.79 Å². The number of furan rings is 1. The lowest BCUT2D eigenvalue weighted by molar-refractivity contribution is 0.0702. The number of halogens is 1. The Bertz CT molecular complexity index is 1580. The fourth-order valence-electron chi connectivity index (χ4n) is 4.36. The van der Waals surface area contributed by atoms with Crippen LogP contribution in [-0.4, -0.2) is 5.97 Å². The van der Waals surface area contributed by atoms with Crippen molar-refractivity contribution in [3.63, 3.8) is 0 Å². The summed E-state index contributed by atoms with van der Waals surface area (Å²) in [7, 11) is 0. The number of ether oxygens (including phenoxy) is 2. The van der Waals surface area contributed by atoms with E-state index in [0.717, 1.165) is 33.2 Å². The molecular formula is C28H21ClN2O4. The summed E-state index contributed by atoms with van der Waals surface area (Å²) in [6.45, 7) is 5.78. The highest BCUT2D eigenvalue weighted by atomic mass is 35.5. The third kappa shape index (κ3) is 3.80. The summed E-state index contributed by atoms with van der Waals surface area (Å²) in [6, 6.07) is 18.3. The van der Waals surface area contributed by atoms with Gasteiger partial charge in [0.25, 0.3) is 0 Å². The minimum absolute atomic E-state index is 0.00222. The minimum Gasteiger partial charge on any atom is -0.448 e. The molecule has 2 N–H and O–H groups in total. The molecule has 2 heterocycles. The largest absolute Gasteiger partial charge is 0.448 e. The first-order valence-electron chi connectivity index (χ1n) is 11.0. The molecule has 6 nitrogen and oxygen atoms in total. The van der Waals surface area contributed by atoms with Crippen molar-refractivity contribution in [1.82, 2.24) is 0 Å². The third-order valence-corrected chi connectivity index (χ3v) is 6.67. The lowest BCUT2D eigenvalue weighted by Crippen LogP contribution is -2.21. The van der Waals surface area contributed by atoms with Crippen LogP contribution in [0.25, 0.3) is 11.0 Å². The van der Waals surface area contributed by atoms with Gasteiger partial charge in [0.15, 0.2) is 0 Å². The Morgan fingerprint density at radius 1 is 1.06 bits per heavy atom. The molecule has 0 aliphatic carbocycles. The van der Waals surface area contributed by atoms with Gasteiger partial charge in [0.1, 0.15) is 28.7 Å². The Labute approximate surface area is 207 Å². The van der Waals surface area contributed by atoms with Crippen molar-refractivity contribution in [1.29, 1.82) is 5.26 Å². The first-order chi connectivity index (χ1) is 16.8. The number of esters is 1. The van der Waals surface area contributed by atoms with Gasteiger partial charge in [0, 0.05) is 27.6 Å². The van der Waals surface area contributed by atoms with Crippen LogP contribution >= 0.6 is 11.6 Å². The fourth-order valence-corrected chi connectivity index (χ4v) is 4.49. The monoisotopic (exact) mass is 484 g/mol. The summed E-state index contributed by atoms with van der Waals surface area (Å²) >= 11 is 6.04. The average molecular weight is 485 g/mol. The summed E-state index contributed by atoms with van der Waals surface area (Å²) in [5.41, 5.74) is 11.4. The highest BCUT2D eigenvalue weighted by Gasteiger charge is 2.31. The summed E-state index contributed by atoms with van der Waals surface area (Å²) in [6.07, 6.45) is 0. The minimum atomic E-state index is -0.609. The van der Waals surface area contributed by atoms with E-state index < -0.39 is 11.9 Å². The molecule has 0 spiro atoms. The van der Waals surface area contributed by atoms with Crippen molar-refractivity contribution in [3.05, 3.63) is 105 Å². The van der Waals surface area contributed by atoms with E-state index in [1.54, 1.807) is 30.3 Å². The van der Waals surface area contributed by atoms with E-state index >= 15 is 0 Å². The van der Waals surface area contributed by atoms with Crippen molar-refractivity contribution in [2.75, 3.05) is 0 Å². The Hall–Kier alpha value is -4.21. The number of hydrogen-bond donors (Lipinski definition) is 1. The Morgan fingerprint density at radius 3 is 2.51 bits per heavy atom. The zero-order valence-corrected chi connectivity index (χ0v) is 20.1. The van der Waals surface area contributed by atoms with Gasteiger partial charge in [0.05, 0.1) is 5.92 Å². The molecule has 7 heteroatoms. The summed E-state index contributed by atoms with van der Waals surface area (Å²) in [5.74, 6) is -0.222. The maximum atomic E-state index is 13.0. The van der Waals surface area contributed by atoms with Crippen LogP contribution in [0, 0.1) is 32.1 Å². The SMILES string of the molecule is Cc1ccc2c(C)c(C(=O)Oc3ccc4c(c3)OC(N)=C(C#N)C4c3ccc(Cl)cc3)oc2c1C. The number of nitrogens with two attached hydrogens (primary N) is 1. The molecule has 0 bridgehead atoms. The number of allylic oxidation sites excluding steroid dienone is 1. The smallest absolute Gasteiger partial charge is 0.379 e. The van der Waals surface area contributed by atoms with Crippen LogP contribution in [0.1, 0.15) is 44.3 Å². The molecule has 35 heavy (non-hydrogen) atoms. The van der Waals surface area contributed by atoms with E-state index in [9.17, 15) is 10.1 Å². The van der Waals surface area contributed by atoms with E-state index in [1.807, 2.05) is 45.0 Å². The molecule has 0 saturated heterocycles. The molecule has 0 amide bonds. The molecule has 174 valence electrons. The topological polar surface area (TPSA) is 98.5 Å². The van der Waals surface area contributed by atoms with Crippen LogP contribution in [-0.2, 0) is 0 Å². The van der Waals surface area contributed by atoms with Gasteiger partial charge in [-0.2, -0.15) is 5.26 Å². The number of carbonyl (C=O) groups excluding carboxylic acids is 1. The number of hydrogen-bond acceptors (Lipinski definition) is 6. The van der Waals surface area contributed by atoms with Crippen LogP contribution < -0.4 is 15.2 Å². The third-order valence-electron chi connectivity index (χ3n) is 6.42. The van der Waals surface area contributed by atoms with Gasteiger partial charge in [-0.05, 0) is 55.7 Å². The normalized spacial score (nSPS) is 14.9. The Balaban J connectivity index is 1.49. The standard InChI is InChI=1S/C28H21ClN2O4/c1-14-4-10-20-16(3)26(35-25(20)15(14)2)28(32)33-19-9-11-21-23(12-19)34-27(31)22(13-30)24(21)17-5-7-18(29)8-6-17/h4-12,24H,31H2,1-3H3. The number of rotatable bonds is 3. The van der Waals surface area contributed by atoms with Crippen molar-refractivity contribution in [2.45, 2.75) is 26.7 Å². The molecule has 1 aromatic heterocycles. The van der Waals surface area contributed by atoms with Gasteiger partial charge < -0.3 is 19.6 Å². The lowest BCUT2D eigenvalue weighted by atomic mass is 9.83. The highest BCUT2D eigenvalue weighted by molar-refractivity contribution is 6.30. The van der Waals surface area contributed by atoms with Gasteiger partial charge in [-0.3, -0.25) is 0 Å². The first-order valence-corrected chi connectivity index (χ1v) is 11.3. The average Bonchev–Trinajstić information content (AvgIpc) is 3.18. The summed E-state index contributed by atoms with van der Waals surface area (Å²) < 4.78 is 17.3. The van der Waals surface area contributed by atoms with Crippen molar-refractivity contribution >= 4 is 28.5 Å². The van der Waals surface area contributed by atoms with Crippen LogP contribution in [0.15, 0.2) is 70.5 Å². The second-order valence-electron chi connectivity index (χ2n) is 8.51.